The summed E-state index contributed by atoms with van der Waals surface area (Å²) in [5.41, 5.74) is 5.44. The lowest BCUT2D eigenvalue weighted by Gasteiger charge is -2.20. The zero-order valence-electron chi connectivity index (χ0n) is 18.8. The molecule has 3 rings (SSSR count). The number of amides is 1. The average Bonchev–Trinajstić information content (AvgIpc) is 3.01. The van der Waals surface area contributed by atoms with Gasteiger partial charge in [0.05, 0.1) is 15.7 Å². The van der Waals surface area contributed by atoms with E-state index in [-0.39, 0.29) is 16.0 Å². The Balaban J connectivity index is 1.93. The lowest BCUT2D eigenvalue weighted by atomic mass is 9.87. The Labute approximate surface area is 199 Å². The number of aromatic nitrogens is 1. The van der Waals surface area contributed by atoms with Crippen LogP contribution in [-0.2, 0) is 10.2 Å². The van der Waals surface area contributed by atoms with Crippen LogP contribution >= 0.6 is 23.2 Å². The number of aryl methyl sites for hydroxylation is 1. The summed E-state index contributed by atoms with van der Waals surface area (Å²) in [5, 5.41) is 12.8. The van der Waals surface area contributed by atoms with Gasteiger partial charge in [-0.1, -0.05) is 62.2 Å². The van der Waals surface area contributed by atoms with Crippen molar-refractivity contribution >= 4 is 40.9 Å². The highest BCUT2D eigenvalue weighted by atomic mass is 35.5. The summed E-state index contributed by atoms with van der Waals surface area (Å²) < 4.78 is 2.11. The van der Waals surface area contributed by atoms with Gasteiger partial charge in [0.2, 0.25) is 0 Å². The summed E-state index contributed by atoms with van der Waals surface area (Å²) in [6.45, 7) is 10.5. The normalized spacial score (nSPS) is 11.9. The molecule has 0 bridgehead atoms. The van der Waals surface area contributed by atoms with Crippen LogP contribution in [0.3, 0.4) is 0 Å². The number of nitrogens with one attached hydrogen (secondary N) is 1. The van der Waals surface area contributed by atoms with Crippen LogP contribution in [0.15, 0.2) is 54.1 Å². The van der Waals surface area contributed by atoms with Crippen molar-refractivity contribution in [3.05, 3.63) is 86.7 Å². The Morgan fingerprint density at radius 3 is 2.34 bits per heavy atom. The Bertz CT molecular complexity index is 1240. The maximum Gasteiger partial charge on any atom is 0.266 e. The molecule has 0 aliphatic rings. The standard InChI is InChI=1S/C26H25Cl2N3O/c1-16-13-18(17(2)31(16)21-11-9-20(10-12-21)26(3,4)5)14-19(15-29)25(32)30-23-8-6-7-22(27)24(23)28/h6-14H,1-5H3,(H,30,32)/b19-14-. The molecule has 1 amide bonds. The molecule has 0 spiro atoms. The van der Waals surface area contributed by atoms with Gasteiger partial charge in [0.1, 0.15) is 11.6 Å². The van der Waals surface area contributed by atoms with Crippen molar-refractivity contribution in [3.63, 3.8) is 0 Å². The predicted molar refractivity (Wildman–Crippen MR) is 133 cm³/mol. The number of carbonyl (C=O) groups is 1. The van der Waals surface area contributed by atoms with Gasteiger partial charge < -0.3 is 9.88 Å². The van der Waals surface area contributed by atoms with Crippen LogP contribution in [0.5, 0.6) is 0 Å². The first-order valence-electron chi connectivity index (χ1n) is 10.2. The molecule has 0 aliphatic carbocycles. The third-order valence-corrected chi connectivity index (χ3v) is 6.15. The number of benzene rings is 2. The smallest absolute Gasteiger partial charge is 0.266 e. The zero-order valence-corrected chi connectivity index (χ0v) is 20.3. The fourth-order valence-electron chi connectivity index (χ4n) is 3.54. The maximum atomic E-state index is 12.7. The van der Waals surface area contributed by atoms with Crippen molar-refractivity contribution in [3.8, 4) is 11.8 Å². The monoisotopic (exact) mass is 465 g/mol. The lowest BCUT2D eigenvalue weighted by Crippen LogP contribution is -2.13. The Morgan fingerprint density at radius 2 is 1.75 bits per heavy atom. The van der Waals surface area contributed by atoms with E-state index in [2.05, 4.69) is 54.9 Å². The number of carbonyl (C=O) groups excluding carboxylic acids is 1. The number of hydrogen-bond acceptors (Lipinski definition) is 2. The van der Waals surface area contributed by atoms with E-state index < -0.39 is 5.91 Å². The molecule has 4 nitrogen and oxygen atoms in total. The van der Waals surface area contributed by atoms with E-state index in [0.29, 0.717) is 10.7 Å². The molecule has 1 heterocycles. The van der Waals surface area contributed by atoms with Gasteiger partial charge in [-0.15, -0.1) is 0 Å². The first kappa shape index (κ1) is 23.7. The molecular formula is C26H25Cl2N3O. The number of hydrogen-bond donors (Lipinski definition) is 1. The van der Waals surface area contributed by atoms with Crippen molar-refractivity contribution in [1.82, 2.24) is 4.57 Å². The summed E-state index contributed by atoms with van der Waals surface area (Å²) in [6.07, 6.45) is 1.59. The SMILES string of the molecule is Cc1cc(/C=C(/C#N)C(=O)Nc2cccc(Cl)c2Cl)c(C)n1-c1ccc(C(C)(C)C)cc1. The third kappa shape index (κ3) is 4.91. The molecule has 0 fully saturated rings. The van der Waals surface area contributed by atoms with E-state index in [1.165, 1.54) is 5.56 Å². The summed E-state index contributed by atoms with van der Waals surface area (Å²) in [5.74, 6) is -0.545. The van der Waals surface area contributed by atoms with E-state index in [9.17, 15) is 10.1 Å². The van der Waals surface area contributed by atoms with Gasteiger partial charge in [0.15, 0.2) is 0 Å². The van der Waals surface area contributed by atoms with Crippen LogP contribution in [0.4, 0.5) is 5.69 Å². The minimum Gasteiger partial charge on any atom is -0.320 e. The Hall–Kier alpha value is -3.00. The van der Waals surface area contributed by atoms with Crippen LogP contribution in [0.1, 0.15) is 43.3 Å². The van der Waals surface area contributed by atoms with Crippen molar-refractivity contribution in [2.45, 2.75) is 40.0 Å². The fraction of sp³-hybridized carbons (Fsp3) is 0.231. The zero-order chi connectivity index (χ0) is 23.6. The highest BCUT2D eigenvalue weighted by molar-refractivity contribution is 6.44. The largest absolute Gasteiger partial charge is 0.320 e. The van der Waals surface area contributed by atoms with Crippen LogP contribution in [0.25, 0.3) is 11.8 Å². The van der Waals surface area contributed by atoms with Crippen molar-refractivity contribution in [2.75, 3.05) is 5.32 Å². The quantitative estimate of drug-likeness (QED) is 0.325. The van der Waals surface area contributed by atoms with Crippen LogP contribution in [0, 0.1) is 25.2 Å². The first-order chi connectivity index (χ1) is 15.0. The van der Waals surface area contributed by atoms with Gasteiger partial charge in [0, 0.05) is 17.1 Å². The number of nitriles is 1. The molecule has 0 atom stereocenters. The second-order valence-corrected chi connectivity index (χ2v) is 9.47. The highest BCUT2D eigenvalue weighted by Gasteiger charge is 2.17. The highest BCUT2D eigenvalue weighted by Crippen LogP contribution is 2.30. The number of nitrogens with zero attached hydrogens (tertiary/aromatic N) is 2. The Morgan fingerprint density at radius 1 is 1.09 bits per heavy atom. The summed E-state index contributed by atoms with van der Waals surface area (Å²) >= 11 is 12.2. The molecule has 6 heteroatoms. The molecule has 0 saturated carbocycles. The van der Waals surface area contributed by atoms with Crippen LogP contribution in [0.2, 0.25) is 10.0 Å². The number of halogens is 2. The average molecular weight is 466 g/mol. The summed E-state index contributed by atoms with van der Waals surface area (Å²) in [6, 6.07) is 17.3. The van der Waals surface area contributed by atoms with E-state index >= 15 is 0 Å². The molecule has 164 valence electrons. The maximum absolute atomic E-state index is 12.7. The fourth-order valence-corrected chi connectivity index (χ4v) is 3.88. The molecule has 2 aromatic carbocycles. The molecule has 32 heavy (non-hydrogen) atoms. The van der Waals surface area contributed by atoms with Crippen LogP contribution < -0.4 is 5.32 Å². The summed E-state index contributed by atoms with van der Waals surface area (Å²) in [4.78, 5) is 12.7. The molecule has 0 unspecified atom stereocenters. The second-order valence-electron chi connectivity index (χ2n) is 8.68. The van der Waals surface area contributed by atoms with E-state index in [4.69, 9.17) is 23.2 Å². The van der Waals surface area contributed by atoms with Gasteiger partial charge in [-0.05, 0) is 66.8 Å². The van der Waals surface area contributed by atoms with Gasteiger partial charge in [0.25, 0.3) is 5.91 Å². The van der Waals surface area contributed by atoms with Gasteiger partial charge >= 0.3 is 0 Å². The van der Waals surface area contributed by atoms with E-state index in [1.54, 1.807) is 24.3 Å². The molecule has 1 N–H and O–H groups in total. The number of anilines is 1. The minimum absolute atomic E-state index is 0.0237. The van der Waals surface area contributed by atoms with Gasteiger partial charge in [-0.3, -0.25) is 4.79 Å². The third-order valence-electron chi connectivity index (χ3n) is 5.33. The topological polar surface area (TPSA) is 57.8 Å². The lowest BCUT2D eigenvalue weighted by molar-refractivity contribution is -0.112. The van der Waals surface area contributed by atoms with Crippen molar-refractivity contribution < 1.29 is 4.79 Å². The van der Waals surface area contributed by atoms with Gasteiger partial charge in [-0.25, -0.2) is 0 Å². The first-order valence-corrected chi connectivity index (χ1v) is 11.0. The van der Waals surface area contributed by atoms with E-state index in [1.807, 2.05) is 26.0 Å². The molecule has 1 aromatic heterocycles. The van der Waals surface area contributed by atoms with Crippen molar-refractivity contribution in [2.24, 2.45) is 0 Å². The Kier molecular flexibility index (Phi) is 6.83. The molecule has 0 radical (unpaired) electrons. The van der Waals surface area contributed by atoms with Gasteiger partial charge in [-0.2, -0.15) is 5.26 Å². The second kappa shape index (κ2) is 9.24. The molecule has 0 aliphatic heterocycles. The molecule has 3 aromatic rings. The molecular weight excluding hydrogens is 441 g/mol. The minimum atomic E-state index is -0.545. The molecule has 0 saturated heterocycles. The van der Waals surface area contributed by atoms with Crippen molar-refractivity contribution in [1.29, 1.82) is 5.26 Å². The van der Waals surface area contributed by atoms with Crippen LogP contribution in [-0.4, -0.2) is 10.5 Å². The number of rotatable bonds is 4. The summed E-state index contributed by atoms with van der Waals surface area (Å²) in [7, 11) is 0. The van der Waals surface area contributed by atoms with E-state index in [0.717, 1.165) is 22.6 Å². The predicted octanol–water partition coefficient (Wildman–Crippen LogP) is 7.24.